The lowest BCUT2D eigenvalue weighted by Gasteiger charge is -2.39. The number of carbonyl (C=O) groups excluding carboxylic acids is 1. The second-order valence-electron chi connectivity index (χ2n) is 7.81. The first-order chi connectivity index (χ1) is 11.1. The van der Waals surface area contributed by atoms with Crippen molar-refractivity contribution in [3.8, 4) is 0 Å². The normalized spacial score (nSPS) is 27.7. The van der Waals surface area contributed by atoms with Crippen molar-refractivity contribution < 1.29 is 14.3 Å². The van der Waals surface area contributed by atoms with Gasteiger partial charge in [-0.25, -0.2) is 0 Å². The minimum atomic E-state index is 0.221. The first-order valence-corrected chi connectivity index (χ1v) is 9.18. The molecule has 3 rings (SSSR count). The predicted octanol–water partition coefficient (Wildman–Crippen LogP) is 1.76. The van der Waals surface area contributed by atoms with Gasteiger partial charge >= 0.3 is 0 Å². The molecule has 3 aliphatic rings. The van der Waals surface area contributed by atoms with E-state index in [1.165, 1.54) is 19.3 Å². The highest BCUT2D eigenvalue weighted by molar-refractivity contribution is 5.73. The van der Waals surface area contributed by atoms with Gasteiger partial charge in [-0.3, -0.25) is 9.69 Å². The number of likely N-dealkylation sites (tertiary alicyclic amines) is 2. The summed E-state index contributed by atoms with van der Waals surface area (Å²) >= 11 is 0. The van der Waals surface area contributed by atoms with Crippen LogP contribution in [0.3, 0.4) is 0 Å². The summed E-state index contributed by atoms with van der Waals surface area (Å²) in [4.78, 5) is 16.1. The van der Waals surface area contributed by atoms with E-state index in [2.05, 4.69) is 4.90 Å². The van der Waals surface area contributed by atoms with Crippen LogP contribution in [0, 0.1) is 11.3 Å². The van der Waals surface area contributed by atoms with Crippen LogP contribution in [0.2, 0.25) is 0 Å². The van der Waals surface area contributed by atoms with E-state index < -0.39 is 0 Å². The topological polar surface area (TPSA) is 42.0 Å². The fourth-order valence-corrected chi connectivity index (χ4v) is 4.20. The van der Waals surface area contributed by atoms with Crippen LogP contribution in [0.15, 0.2) is 0 Å². The fourth-order valence-electron chi connectivity index (χ4n) is 4.20. The van der Waals surface area contributed by atoms with Gasteiger partial charge in [-0.05, 0) is 43.4 Å². The van der Waals surface area contributed by atoms with Crippen LogP contribution in [0.1, 0.15) is 39.0 Å². The molecule has 5 nitrogen and oxygen atoms in total. The van der Waals surface area contributed by atoms with Gasteiger partial charge in [0.15, 0.2) is 0 Å². The van der Waals surface area contributed by atoms with Crippen LogP contribution < -0.4 is 0 Å². The molecule has 0 radical (unpaired) electrons. The van der Waals surface area contributed by atoms with Crippen LogP contribution in [-0.4, -0.2) is 74.9 Å². The van der Waals surface area contributed by atoms with Gasteiger partial charge in [-0.15, -0.1) is 0 Å². The molecule has 0 aromatic carbocycles. The second-order valence-corrected chi connectivity index (χ2v) is 7.81. The lowest BCUT2D eigenvalue weighted by atomic mass is 9.76. The molecule has 0 aromatic heterocycles. The largest absolute Gasteiger partial charge is 0.383 e. The van der Waals surface area contributed by atoms with Gasteiger partial charge in [-0.1, -0.05) is 0 Å². The Balaban J connectivity index is 1.53. The number of hydrogen-bond donors (Lipinski definition) is 0. The van der Waals surface area contributed by atoms with Crippen LogP contribution in [0.4, 0.5) is 0 Å². The SMILES string of the molecule is COCCN1CC2(CCN(C(C)=O)CC2)C[C@H]1COCC1CC1. The van der Waals surface area contributed by atoms with E-state index in [1.807, 2.05) is 4.90 Å². The van der Waals surface area contributed by atoms with E-state index in [0.29, 0.717) is 11.5 Å². The maximum Gasteiger partial charge on any atom is 0.219 e. The van der Waals surface area contributed by atoms with Crippen molar-refractivity contribution in [3.63, 3.8) is 0 Å². The molecular weight excluding hydrogens is 292 g/mol. The number of carbonyl (C=O) groups is 1. The van der Waals surface area contributed by atoms with E-state index in [4.69, 9.17) is 9.47 Å². The number of rotatable bonds is 7. The molecule has 0 N–H and O–H groups in total. The van der Waals surface area contributed by atoms with E-state index in [1.54, 1.807) is 14.0 Å². The summed E-state index contributed by atoms with van der Waals surface area (Å²) in [5.74, 6) is 1.05. The molecule has 0 unspecified atom stereocenters. The summed E-state index contributed by atoms with van der Waals surface area (Å²) in [6, 6.07) is 0.521. The standard InChI is InChI=1S/C18H32N2O3/c1-15(21)19-7-5-18(6-8-19)11-17(13-23-12-16-3-4-16)20(14-18)9-10-22-2/h16-17H,3-14H2,1-2H3/t17-/m0/s1. The highest BCUT2D eigenvalue weighted by Gasteiger charge is 2.45. The number of piperidine rings is 1. The molecule has 1 spiro atoms. The Labute approximate surface area is 140 Å². The van der Waals surface area contributed by atoms with Crippen molar-refractivity contribution in [2.45, 2.75) is 45.1 Å². The van der Waals surface area contributed by atoms with Crippen molar-refractivity contribution in [1.82, 2.24) is 9.80 Å². The lowest BCUT2D eigenvalue weighted by Crippen LogP contribution is -2.43. The maximum absolute atomic E-state index is 11.6. The summed E-state index contributed by atoms with van der Waals surface area (Å²) in [6.07, 6.45) is 6.18. The summed E-state index contributed by atoms with van der Waals surface area (Å²) in [5, 5.41) is 0. The minimum absolute atomic E-state index is 0.221. The first-order valence-electron chi connectivity index (χ1n) is 9.18. The maximum atomic E-state index is 11.6. The zero-order valence-corrected chi connectivity index (χ0v) is 14.8. The van der Waals surface area contributed by atoms with E-state index >= 15 is 0 Å². The minimum Gasteiger partial charge on any atom is -0.383 e. The third-order valence-electron chi connectivity index (χ3n) is 5.94. The molecule has 2 saturated heterocycles. The van der Waals surface area contributed by atoms with Gasteiger partial charge in [0.05, 0.1) is 13.2 Å². The Morgan fingerprint density at radius 2 is 1.96 bits per heavy atom. The van der Waals surface area contributed by atoms with E-state index in [0.717, 1.165) is 64.8 Å². The number of amides is 1. The number of methoxy groups -OCH3 is 1. The Bertz CT molecular complexity index is 403. The third kappa shape index (κ3) is 4.46. The van der Waals surface area contributed by atoms with Gasteiger partial charge in [0.2, 0.25) is 5.91 Å². The highest BCUT2D eigenvalue weighted by atomic mass is 16.5. The molecule has 1 aliphatic carbocycles. The van der Waals surface area contributed by atoms with Gasteiger partial charge < -0.3 is 14.4 Å². The summed E-state index contributed by atoms with van der Waals surface area (Å²) in [5.41, 5.74) is 0.382. The number of hydrogen-bond acceptors (Lipinski definition) is 4. The molecule has 5 heteroatoms. The predicted molar refractivity (Wildman–Crippen MR) is 89.3 cm³/mol. The van der Waals surface area contributed by atoms with Crippen molar-refractivity contribution in [1.29, 1.82) is 0 Å². The fraction of sp³-hybridized carbons (Fsp3) is 0.944. The zero-order valence-electron chi connectivity index (χ0n) is 14.8. The van der Waals surface area contributed by atoms with Crippen molar-refractivity contribution >= 4 is 5.91 Å². The Morgan fingerprint density at radius 3 is 2.57 bits per heavy atom. The van der Waals surface area contributed by atoms with Crippen molar-refractivity contribution in [2.75, 3.05) is 53.1 Å². The Kier molecular flexibility index (Phi) is 5.60. The molecule has 3 fully saturated rings. The van der Waals surface area contributed by atoms with Gasteiger partial charge in [0, 0.05) is 52.9 Å². The molecule has 0 bridgehead atoms. The highest BCUT2D eigenvalue weighted by Crippen LogP contribution is 2.43. The van der Waals surface area contributed by atoms with Gasteiger partial charge in [0.25, 0.3) is 0 Å². The van der Waals surface area contributed by atoms with Gasteiger partial charge in [0.1, 0.15) is 0 Å². The molecular formula is C18H32N2O3. The van der Waals surface area contributed by atoms with Gasteiger partial charge in [-0.2, -0.15) is 0 Å². The van der Waals surface area contributed by atoms with Crippen molar-refractivity contribution in [3.05, 3.63) is 0 Å². The van der Waals surface area contributed by atoms with E-state index in [-0.39, 0.29) is 5.91 Å². The quantitative estimate of drug-likeness (QED) is 0.716. The first kappa shape index (κ1) is 17.2. The summed E-state index contributed by atoms with van der Waals surface area (Å²) in [6.45, 7) is 8.25. The third-order valence-corrected chi connectivity index (χ3v) is 5.94. The van der Waals surface area contributed by atoms with Crippen molar-refractivity contribution in [2.24, 2.45) is 11.3 Å². The Hall–Kier alpha value is -0.650. The number of nitrogens with zero attached hydrogens (tertiary/aromatic N) is 2. The second kappa shape index (κ2) is 7.49. The van der Waals surface area contributed by atoms with Crippen LogP contribution >= 0.6 is 0 Å². The lowest BCUT2D eigenvalue weighted by molar-refractivity contribution is -0.131. The molecule has 1 amide bonds. The zero-order chi connectivity index (χ0) is 16.3. The average Bonchev–Trinajstić information content (AvgIpc) is 3.29. The molecule has 1 atom stereocenters. The average molecular weight is 324 g/mol. The molecule has 0 aromatic rings. The molecule has 2 aliphatic heterocycles. The molecule has 2 heterocycles. The van der Waals surface area contributed by atoms with Crippen LogP contribution in [-0.2, 0) is 14.3 Å². The van der Waals surface area contributed by atoms with E-state index in [9.17, 15) is 4.79 Å². The smallest absolute Gasteiger partial charge is 0.219 e. The molecule has 23 heavy (non-hydrogen) atoms. The summed E-state index contributed by atoms with van der Waals surface area (Å²) in [7, 11) is 1.77. The monoisotopic (exact) mass is 324 g/mol. The van der Waals surface area contributed by atoms with Crippen LogP contribution in [0.5, 0.6) is 0 Å². The van der Waals surface area contributed by atoms with Crippen LogP contribution in [0.25, 0.3) is 0 Å². The molecule has 132 valence electrons. The number of ether oxygens (including phenoxy) is 2. The summed E-state index contributed by atoms with van der Waals surface area (Å²) < 4.78 is 11.3. The molecule has 1 saturated carbocycles. The Morgan fingerprint density at radius 1 is 1.22 bits per heavy atom.